The van der Waals surface area contributed by atoms with Gasteiger partial charge in [0.05, 0.1) is 17.9 Å². The van der Waals surface area contributed by atoms with Gasteiger partial charge in [0.2, 0.25) is 0 Å². The fourth-order valence-electron chi connectivity index (χ4n) is 3.29. The zero-order valence-electron chi connectivity index (χ0n) is 14.8. The van der Waals surface area contributed by atoms with Crippen LogP contribution in [-0.2, 0) is 20.9 Å². The second kappa shape index (κ2) is 8.20. The molecule has 26 heavy (non-hydrogen) atoms. The van der Waals surface area contributed by atoms with Crippen LogP contribution in [0.25, 0.3) is 0 Å². The lowest BCUT2D eigenvalue weighted by Gasteiger charge is -2.22. The number of rotatable bonds is 6. The largest absolute Gasteiger partial charge is 0.461 e. The number of hydrogen-bond donors (Lipinski definition) is 1. The molecule has 1 saturated carbocycles. The Morgan fingerprint density at radius 1 is 1.15 bits per heavy atom. The lowest BCUT2D eigenvalue weighted by Crippen LogP contribution is -2.42. The SMILES string of the molecule is CC(C)[C@H](N)C(=O)C1C[C@H](C(F)(F)F)C[C@H]1C(=O)OCc1ccccc1. The fourth-order valence-corrected chi connectivity index (χ4v) is 3.29. The topological polar surface area (TPSA) is 69.4 Å². The van der Waals surface area contributed by atoms with Gasteiger partial charge in [-0.1, -0.05) is 44.2 Å². The lowest BCUT2D eigenvalue weighted by atomic mass is 9.85. The molecular formula is C19H24F3NO3. The van der Waals surface area contributed by atoms with Crippen molar-refractivity contribution in [2.24, 2.45) is 29.4 Å². The second-order valence-corrected chi connectivity index (χ2v) is 7.19. The third kappa shape index (κ3) is 4.84. The number of hydrogen-bond acceptors (Lipinski definition) is 4. The Kier molecular flexibility index (Phi) is 6.44. The second-order valence-electron chi connectivity index (χ2n) is 7.19. The molecule has 0 radical (unpaired) electrons. The van der Waals surface area contributed by atoms with Gasteiger partial charge in [-0.3, -0.25) is 9.59 Å². The summed E-state index contributed by atoms with van der Waals surface area (Å²) in [5.74, 6) is -5.33. The van der Waals surface area contributed by atoms with Crippen LogP contribution in [0.4, 0.5) is 13.2 Å². The molecule has 1 aliphatic rings. The maximum atomic E-state index is 13.2. The molecule has 0 spiro atoms. The van der Waals surface area contributed by atoms with Crippen molar-refractivity contribution in [3.8, 4) is 0 Å². The quantitative estimate of drug-likeness (QED) is 0.777. The molecular weight excluding hydrogens is 347 g/mol. The Balaban J connectivity index is 2.12. The van der Waals surface area contributed by atoms with E-state index in [1.54, 1.807) is 44.2 Å². The minimum atomic E-state index is -4.45. The van der Waals surface area contributed by atoms with Gasteiger partial charge in [-0.05, 0) is 24.3 Å². The van der Waals surface area contributed by atoms with Crippen molar-refractivity contribution in [2.75, 3.05) is 0 Å². The number of alkyl halides is 3. The first-order valence-corrected chi connectivity index (χ1v) is 8.67. The van der Waals surface area contributed by atoms with E-state index in [1.807, 2.05) is 0 Å². The molecule has 1 fully saturated rings. The number of halogens is 3. The maximum Gasteiger partial charge on any atom is 0.391 e. The molecule has 1 aromatic carbocycles. The van der Waals surface area contributed by atoms with Crippen LogP contribution in [0, 0.1) is 23.7 Å². The zero-order chi connectivity index (χ0) is 19.5. The number of carbonyl (C=O) groups is 2. The summed E-state index contributed by atoms with van der Waals surface area (Å²) >= 11 is 0. The summed E-state index contributed by atoms with van der Waals surface area (Å²) in [4.78, 5) is 25.0. The van der Waals surface area contributed by atoms with E-state index in [9.17, 15) is 22.8 Å². The van der Waals surface area contributed by atoms with Gasteiger partial charge in [-0.25, -0.2) is 0 Å². The van der Waals surface area contributed by atoms with Gasteiger partial charge in [-0.2, -0.15) is 13.2 Å². The van der Waals surface area contributed by atoms with Gasteiger partial charge < -0.3 is 10.5 Å². The monoisotopic (exact) mass is 371 g/mol. The third-order valence-corrected chi connectivity index (χ3v) is 4.96. The number of ether oxygens (including phenoxy) is 1. The van der Waals surface area contributed by atoms with E-state index < -0.39 is 54.6 Å². The number of benzene rings is 1. The molecule has 0 saturated heterocycles. The van der Waals surface area contributed by atoms with Crippen LogP contribution in [0.3, 0.4) is 0 Å². The Morgan fingerprint density at radius 2 is 1.73 bits per heavy atom. The van der Waals surface area contributed by atoms with E-state index in [1.165, 1.54) is 0 Å². The van der Waals surface area contributed by atoms with Crippen LogP contribution in [0.15, 0.2) is 30.3 Å². The molecule has 0 aliphatic heterocycles. The normalized spacial score (nSPS) is 24.5. The summed E-state index contributed by atoms with van der Waals surface area (Å²) in [6.07, 6.45) is -5.29. The van der Waals surface area contributed by atoms with Crippen molar-refractivity contribution in [3.63, 3.8) is 0 Å². The molecule has 4 nitrogen and oxygen atoms in total. The highest BCUT2D eigenvalue weighted by atomic mass is 19.4. The highest BCUT2D eigenvalue weighted by Gasteiger charge is 2.53. The molecule has 4 atom stereocenters. The van der Waals surface area contributed by atoms with E-state index in [0.717, 1.165) is 5.56 Å². The Hall–Kier alpha value is -1.89. The summed E-state index contributed by atoms with van der Waals surface area (Å²) in [7, 11) is 0. The van der Waals surface area contributed by atoms with E-state index in [0.29, 0.717) is 0 Å². The molecule has 0 heterocycles. The van der Waals surface area contributed by atoms with Gasteiger partial charge in [0.1, 0.15) is 6.61 Å². The summed E-state index contributed by atoms with van der Waals surface area (Å²) < 4.78 is 44.6. The predicted molar refractivity (Wildman–Crippen MR) is 89.8 cm³/mol. The van der Waals surface area contributed by atoms with Gasteiger partial charge in [0, 0.05) is 5.92 Å². The van der Waals surface area contributed by atoms with Gasteiger partial charge in [0.15, 0.2) is 5.78 Å². The first-order valence-electron chi connectivity index (χ1n) is 8.67. The van der Waals surface area contributed by atoms with Crippen molar-refractivity contribution < 1.29 is 27.5 Å². The standard InChI is InChI=1S/C19H24F3NO3/c1-11(2)16(23)17(24)14-8-13(19(20,21)22)9-15(14)18(25)26-10-12-6-4-3-5-7-12/h3-7,11,13-16H,8-10,23H2,1-2H3/t13-,14?,15+,16-/m0/s1. The molecule has 7 heteroatoms. The average Bonchev–Trinajstić information content (AvgIpc) is 3.05. The number of Topliss-reactive ketones (excluding diaryl/α,β-unsaturated/α-hetero) is 1. The molecule has 1 unspecified atom stereocenters. The molecule has 0 amide bonds. The van der Waals surface area contributed by atoms with Crippen molar-refractivity contribution in [3.05, 3.63) is 35.9 Å². The zero-order valence-corrected chi connectivity index (χ0v) is 14.8. The summed E-state index contributed by atoms with van der Waals surface area (Å²) in [5, 5.41) is 0. The molecule has 1 aliphatic carbocycles. The van der Waals surface area contributed by atoms with Crippen molar-refractivity contribution in [1.82, 2.24) is 0 Å². The average molecular weight is 371 g/mol. The van der Waals surface area contributed by atoms with E-state index >= 15 is 0 Å². The molecule has 2 N–H and O–H groups in total. The highest BCUT2D eigenvalue weighted by molar-refractivity contribution is 5.91. The van der Waals surface area contributed by atoms with Crippen molar-refractivity contribution >= 4 is 11.8 Å². The number of nitrogens with two attached hydrogens (primary N) is 1. The first-order chi connectivity index (χ1) is 12.1. The molecule has 144 valence electrons. The Labute approximate surface area is 150 Å². The molecule has 0 aromatic heterocycles. The number of ketones is 1. The Bertz CT molecular complexity index is 631. The van der Waals surface area contributed by atoms with Crippen LogP contribution in [0.1, 0.15) is 32.3 Å². The minimum absolute atomic E-state index is 0.0377. The first kappa shape index (κ1) is 20.4. The lowest BCUT2D eigenvalue weighted by molar-refractivity contribution is -0.174. The van der Waals surface area contributed by atoms with Crippen LogP contribution in [0.5, 0.6) is 0 Å². The van der Waals surface area contributed by atoms with Gasteiger partial charge in [-0.15, -0.1) is 0 Å². The number of esters is 1. The Morgan fingerprint density at radius 3 is 2.27 bits per heavy atom. The molecule has 1 aromatic rings. The summed E-state index contributed by atoms with van der Waals surface area (Å²) in [6.45, 7) is 3.41. The van der Waals surface area contributed by atoms with Crippen LogP contribution in [-0.4, -0.2) is 24.0 Å². The summed E-state index contributed by atoms with van der Waals surface area (Å²) in [6, 6.07) is 7.95. The van der Waals surface area contributed by atoms with E-state index in [2.05, 4.69) is 0 Å². The highest BCUT2D eigenvalue weighted by Crippen LogP contribution is 2.46. The molecule has 0 bridgehead atoms. The maximum absolute atomic E-state index is 13.2. The minimum Gasteiger partial charge on any atom is -0.461 e. The van der Waals surface area contributed by atoms with Crippen molar-refractivity contribution in [2.45, 2.75) is 45.5 Å². The summed E-state index contributed by atoms with van der Waals surface area (Å²) in [5.41, 5.74) is 6.57. The molecule has 2 rings (SSSR count). The predicted octanol–water partition coefficient (Wildman–Crippen LogP) is 3.49. The number of carbonyl (C=O) groups excluding carboxylic acids is 2. The smallest absolute Gasteiger partial charge is 0.391 e. The van der Waals surface area contributed by atoms with Crippen LogP contribution >= 0.6 is 0 Å². The van der Waals surface area contributed by atoms with E-state index in [4.69, 9.17) is 10.5 Å². The van der Waals surface area contributed by atoms with Crippen LogP contribution < -0.4 is 5.73 Å². The van der Waals surface area contributed by atoms with Gasteiger partial charge in [0.25, 0.3) is 0 Å². The fraction of sp³-hybridized carbons (Fsp3) is 0.579. The third-order valence-electron chi connectivity index (χ3n) is 4.96. The van der Waals surface area contributed by atoms with Crippen LogP contribution in [0.2, 0.25) is 0 Å². The van der Waals surface area contributed by atoms with Crippen molar-refractivity contribution in [1.29, 1.82) is 0 Å². The van der Waals surface area contributed by atoms with Gasteiger partial charge >= 0.3 is 12.1 Å². The van der Waals surface area contributed by atoms with E-state index in [-0.39, 0.29) is 12.5 Å².